The van der Waals surface area contributed by atoms with E-state index < -0.39 is 8.07 Å². The van der Waals surface area contributed by atoms with Crippen molar-refractivity contribution in [1.82, 2.24) is 0 Å². The fraction of sp³-hybridized carbons (Fsp3) is 0.188. The average Bonchev–Trinajstić information content (AvgIpc) is 2.34. The number of nitriles is 1. The number of allylic oxidation sites excluding steroid dienone is 1. The molecule has 2 heteroatoms. The Morgan fingerprint density at radius 1 is 1.06 bits per heavy atom. The Hall–Kier alpha value is -1.85. The zero-order valence-corrected chi connectivity index (χ0v) is 12.1. The fourth-order valence-corrected chi connectivity index (χ4v) is 3.67. The molecule has 2 rings (SSSR count). The maximum atomic E-state index is 8.97. The summed E-state index contributed by atoms with van der Waals surface area (Å²) in [5.41, 5.74) is 1.19. The van der Waals surface area contributed by atoms with Crippen molar-refractivity contribution in [3.8, 4) is 6.07 Å². The third-order valence-electron chi connectivity index (χ3n) is 3.08. The van der Waals surface area contributed by atoms with Gasteiger partial charge < -0.3 is 0 Å². The van der Waals surface area contributed by atoms with Gasteiger partial charge in [0.1, 0.15) is 0 Å². The average molecular weight is 251 g/mol. The molecule has 2 aromatic rings. The van der Waals surface area contributed by atoms with Gasteiger partial charge in [-0.3, -0.25) is 0 Å². The summed E-state index contributed by atoms with van der Waals surface area (Å²) >= 11 is 0. The van der Waals surface area contributed by atoms with Crippen LogP contribution >= 0.6 is 0 Å². The molecule has 1 nitrogen and oxygen atoms in total. The molecule has 0 aromatic heterocycles. The lowest BCUT2D eigenvalue weighted by molar-refractivity contribution is 1.53. The van der Waals surface area contributed by atoms with Crippen molar-refractivity contribution >= 4 is 24.0 Å². The molecule has 18 heavy (non-hydrogen) atoms. The highest BCUT2D eigenvalue weighted by atomic mass is 28.3. The lowest BCUT2D eigenvalue weighted by Gasteiger charge is -2.20. The van der Waals surface area contributed by atoms with Crippen molar-refractivity contribution in [2.24, 2.45) is 0 Å². The molecule has 0 amide bonds. The van der Waals surface area contributed by atoms with Crippen LogP contribution in [-0.2, 0) is 0 Å². The molecule has 0 saturated heterocycles. The van der Waals surface area contributed by atoms with Crippen molar-refractivity contribution < 1.29 is 0 Å². The maximum Gasteiger partial charge on any atom is 0.0911 e. The number of fused-ring (bicyclic) bond motifs is 1. The number of hydrogen-bond donors (Lipinski definition) is 0. The molecule has 0 fully saturated rings. The van der Waals surface area contributed by atoms with E-state index in [0.717, 1.165) is 0 Å². The zero-order chi connectivity index (χ0) is 13.2. The maximum absolute atomic E-state index is 8.97. The fourth-order valence-electron chi connectivity index (χ4n) is 2.15. The van der Waals surface area contributed by atoms with Gasteiger partial charge in [0.05, 0.1) is 14.1 Å². The molecule has 0 N–H and O–H groups in total. The van der Waals surface area contributed by atoms with E-state index in [1.54, 1.807) is 6.08 Å². The minimum atomic E-state index is -1.50. The van der Waals surface area contributed by atoms with Gasteiger partial charge in [-0.15, -0.1) is 0 Å². The summed E-state index contributed by atoms with van der Waals surface area (Å²) < 4.78 is 0. The normalized spacial score (nSPS) is 12.4. The largest absolute Gasteiger partial charge is 0.193 e. The summed E-state index contributed by atoms with van der Waals surface area (Å²) in [6.07, 6.45) is 1.72. The molecular formula is C16H17NSi. The second-order valence-electron chi connectivity index (χ2n) is 5.50. The van der Waals surface area contributed by atoms with Gasteiger partial charge in [0.2, 0.25) is 0 Å². The van der Waals surface area contributed by atoms with Crippen LogP contribution in [0.5, 0.6) is 0 Å². The molecule has 0 spiro atoms. The lowest BCUT2D eigenvalue weighted by Crippen LogP contribution is -2.22. The second kappa shape index (κ2) is 4.79. The summed E-state index contributed by atoms with van der Waals surface area (Å²) in [7, 11) is -1.50. The molecule has 0 bridgehead atoms. The van der Waals surface area contributed by atoms with Crippen molar-refractivity contribution in [3.05, 3.63) is 54.1 Å². The van der Waals surface area contributed by atoms with Crippen molar-refractivity contribution in [2.45, 2.75) is 19.6 Å². The van der Waals surface area contributed by atoms with E-state index in [9.17, 15) is 0 Å². The molecule has 0 aliphatic heterocycles. The Balaban J connectivity index is 2.60. The Morgan fingerprint density at radius 3 is 2.33 bits per heavy atom. The molecular weight excluding hydrogens is 234 g/mol. The van der Waals surface area contributed by atoms with E-state index in [4.69, 9.17) is 5.26 Å². The predicted octanol–water partition coefficient (Wildman–Crippen LogP) is 4.62. The van der Waals surface area contributed by atoms with E-state index in [1.165, 1.54) is 21.5 Å². The minimum absolute atomic E-state index is 1.19. The second-order valence-corrected chi connectivity index (χ2v) is 10.5. The molecule has 0 radical (unpaired) electrons. The predicted molar refractivity (Wildman–Crippen MR) is 80.9 cm³/mol. The van der Waals surface area contributed by atoms with Crippen LogP contribution in [0.1, 0.15) is 5.56 Å². The summed E-state index contributed by atoms with van der Waals surface area (Å²) in [6, 6.07) is 17.0. The van der Waals surface area contributed by atoms with Crippen molar-refractivity contribution in [3.63, 3.8) is 0 Å². The van der Waals surface area contributed by atoms with Crippen molar-refractivity contribution in [1.29, 1.82) is 5.26 Å². The van der Waals surface area contributed by atoms with Crippen LogP contribution in [-0.4, -0.2) is 8.07 Å². The van der Waals surface area contributed by atoms with Crippen LogP contribution in [0.2, 0.25) is 19.6 Å². The molecule has 0 atom stereocenters. The Kier molecular flexibility index (Phi) is 3.36. The van der Waals surface area contributed by atoms with E-state index in [0.29, 0.717) is 0 Å². The Morgan fingerprint density at radius 2 is 1.72 bits per heavy atom. The quantitative estimate of drug-likeness (QED) is 0.564. The van der Waals surface area contributed by atoms with Crippen LogP contribution in [0.15, 0.2) is 48.5 Å². The first-order valence-corrected chi connectivity index (χ1v) is 9.62. The molecule has 0 aliphatic carbocycles. The highest BCUT2D eigenvalue weighted by Gasteiger charge is 2.21. The third kappa shape index (κ3) is 2.52. The van der Waals surface area contributed by atoms with Crippen LogP contribution in [0, 0.1) is 11.3 Å². The first-order valence-electron chi connectivity index (χ1n) is 6.12. The van der Waals surface area contributed by atoms with Gasteiger partial charge in [-0.05, 0) is 27.6 Å². The number of benzene rings is 2. The highest BCUT2D eigenvalue weighted by molar-refractivity contribution is 6.93. The van der Waals surface area contributed by atoms with Crippen LogP contribution in [0.4, 0.5) is 0 Å². The SMILES string of the molecule is C[Si](C)(C)/C(=C/C#N)c1ccc2ccccc2c1. The van der Waals surface area contributed by atoms with Crippen LogP contribution in [0.3, 0.4) is 0 Å². The van der Waals surface area contributed by atoms with E-state index in [2.05, 4.69) is 56.0 Å². The number of nitrogens with zero attached hydrogens (tertiary/aromatic N) is 1. The molecule has 0 saturated carbocycles. The smallest absolute Gasteiger partial charge is 0.0911 e. The number of hydrogen-bond acceptors (Lipinski definition) is 1. The molecule has 0 heterocycles. The first kappa shape index (κ1) is 12.6. The Bertz CT molecular complexity index is 642. The topological polar surface area (TPSA) is 23.8 Å². The zero-order valence-electron chi connectivity index (χ0n) is 11.1. The van der Waals surface area contributed by atoms with Crippen LogP contribution < -0.4 is 0 Å². The lowest BCUT2D eigenvalue weighted by atomic mass is 10.1. The van der Waals surface area contributed by atoms with Gasteiger partial charge in [-0.2, -0.15) is 5.26 Å². The molecule has 90 valence electrons. The molecule has 2 aromatic carbocycles. The van der Waals surface area contributed by atoms with Crippen molar-refractivity contribution in [2.75, 3.05) is 0 Å². The van der Waals surface area contributed by atoms with Gasteiger partial charge in [-0.25, -0.2) is 0 Å². The summed E-state index contributed by atoms with van der Waals surface area (Å²) in [5.74, 6) is 0. The monoisotopic (exact) mass is 251 g/mol. The molecule has 0 unspecified atom stereocenters. The minimum Gasteiger partial charge on any atom is -0.193 e. The standard InChI is InChI=1S/C16H17NSi/c1-18(2,3)16(10-11-17)15-9-8-13-6-4-5-7-14(13)12-15/h4-10,12H,1-3H3/b16-10+. The summed E-state index contributed by atoms with van der Waals surface area (Å²) in [4.78, 5) is 0. The van der Waals surface area contributed by atoms with Gasteiger partial charge in [0, 0.05) is 6.08 Å². The van der Waals surface area contributed by atoms with E-state index in [1.807, 2.05) is 12.1 Å². The first-order chi connectivity index (χ1) is 8.52. The third-order valence-corrected chi connectivity index (χ3v) is 5.13. The van der Waals surface area contributed by atoms with Gasteiger partial charge in [0.15, 0.2) is 0 Å². The van der Waals surface area contributed by atoms with Gasteiger partial charge >= 0.3 is 0 Å². The van der Waals surface area contributed by atoms with E-state index >= 15 is 0 Å². The highest BCUT2D eigenvalue weighted by Crippen LogP contribution is 2.28. The van der Waals surface area contributed by atoms with Gasteiger partial charge in [0.25, 0.3) is 0 Å². The molecule has 0 aliphatic rings. The summed E-state index contributed by atoms with van der Waals surface area (Å²) in [5, 5.41) is 12.7. The van der Waals surface area contributed by atoms with Gasteiger partial charge in [-0.1, -0.05) is 56.0 Å². The number of rotatable bonds is 2. The Labute approximate surface area is 109 Å². The van der Waals surface area contributed by atoms with Crippen LogP contribution in [0.25, 0.3) is 16.0 Å². The summed E-state index contributed by atoms with van der Waals surface area (Å²) in [6.45, 7) is 6.81. The van der Waals surface area contributed by atoms with E-state index in [-0.39, 0.29) is 0 Å².